The molecule has 5 aliphatic rings. The van der Waals surface area contributed by atoms with E-state index in [0.29, 0.717) is 39.5 Å². The Morgan fingerprint density at radius 2 is 1.72 bits per heavy atom. The van der Waals surface area contributed by atoms with Crippen molar-refractivity contribution in [3.05, 3.63) is 75.2 Å². The fraction of sp³-hybridized carbons (Fsp3) is 0.478. The molecule has 4 saturated heterocycles. The largest absolute Gasteiger partial charge is 0.478 e. The van der Waals surface area contributed by atoms with Crippen LogP contribution < -0.4 is 36.0 Å². The lowest BCUT2D eigenvalue weighted by atomic mass is 9.77. The van der Waals surface area contributed by atoms with Gasteiger partial charge < -0.3 is 34.6 Å². The number of likely N-dealkylation sites (N-methyl/N-ethyl adjacent to an activating group) is 1. The number of carbonyl (C=O) groups is 5. The maximum Gasteiger partial charge on any atom is 0.293 e. The number of benzene rings is 2. The molecule has 0 saturated carbocycles. The lowest BCUT2D eigenvalue weighted by molar-refractivity contribution is -0.136. The van der Waals surface area contributed by atoms with Crippen LogP contribution in [0.2, 0.25) is 5.02 Å². The molecule has 18 heteroatoms. The van der Waals surface area contributed by atoms with Crippen LogP contribution >= 0.6 is 11.6 Å². The number of imide groups is 2. The van der Waals surface area contributed by atoms with Crippen LogP contribution in [0.1, 0.15) is 85.6 Å². The zero-order chi connectivity index (χ0) is 44.9. The van der Waals surface area contributed by atoms with Crippen molar-refractivity contribution >= 4 is 75.2 Å². The van der Waals surface area contributed by atoms with Crippen LogP contribution in [-0.2, 0) is 14.4 Å². The van der Waals surface area contributed by atoms with E-state index in [0.717, 1.165) is 99.4 Å². The Bertz CT molecular complexity index is 2600. The summed E-state index contributed by atoms with van der Waals surface area (Å²) in [7, 11) is 1.51. The maximum atomic E-state index is 13.8. The summed E-state index contributed by atoms with van der Waals surface area (Å²) >= 11 is 6.62. The number of hydrogen-bond donors (Lipinski definition) is 3. The Morgan fingerprint density at radius 3 is 2.45 bits per heavy atom. The van der Waals surface area contributed by atoms with Gasteiger partial charge in [-0.25, -0.2) is 4.98 Å². The number of ether oxygens (including phenoxy) is 1. The lowest BCUT2D eigenvalue weighted by Crippen LogP contribution is -2.54. The van der Waals surface area contributed by atoms with Gasteiger partial charge in [-0.15, -0.1) is 0 Å². The number of pyridine rings is 1. The molecular weight excluding hydrogens is 840 g/mol. The molecule has 2 aromatic heterocycles. The first-order valence-corrected chi connectivity index (χ1v) is 22.6. The van der Waals surface area contributed by atoms with Crippen LogP contribution in [0.15, 0.2) is 53.5 Å². The van der Waals surface area contributed by atoms with E-state index in [9.17, 15) is 28.8 Å². The number of carbonyl (C=O) groups excluding carboxylic acids is 5. The van der Waals surface area contributed by atoms with Crippen molar-refractivity contribution in [2.45, 2.75) is 70.9 Å². The van der Waals surface area contributed by atoms with E-state index in [1.165, 1.54) is 7.05 Å². The van der Waals surface area contributed by atoms with Gasteiger partial charge in [0.05, 0.1) is 28.5 Å². The number of anilines is 4. The van der Waals surface area contributed by atoms with Gasteiger partial charge in [-0.05, 0) is 113 Å². The summed E-state index contributed by atoms with van der Waals surface area (Å²) in [5, 5.41) is 9.26. The number of piperidine rings is 3. The molecule has 5 amide bonds. The molecule has 0 aliphatic carbocycles. The van der Waals surface area contributed by atoms with E-state index in [-0.39, 0.29) is 48.1 Å². The van der Waals surface area contributed by atoms with Crippen LogP contribution in [0.3, 0.4) is 0 Å². The Morgan fingerprint density at radius 1 is 0.953 bits per heavy atom. The third kappa shape index (κ3) is 8.26. The predicted molar refractivity (Wildman–Crippen MR) is 241 cm³/mol. The molecule has 1 spiro atoms. The lowest BCUT2D eigenvalue weighted by Gasteiger charge is -2.42. The van der Waals surface area contributed by atoms with Crippen molar-refractivity contribution in [2.24, 2.45) is 11.3 Å². The number of hydrogen-bond acceptors (Lipinski definition) is 13. The number of nitrogens with zero attached hydrogens (tertiary/aromatic N) is 7. The zero-order valence-corrected chi connectivity index (χ0v) is 37.1. The first-order valence-electron chi connectivity index (χ1n) is 22.2. The second kappa shape index (κ2) is 17.5. The van der Waals surface area contributed by atoms with Gasteiger partial charge in [0, 0.05) is 63.3 Å². The number of rotatable bonds is 11. The minimum absolute atomic E-state index is 0.0870. The van der Waals surface area contributed by atoms with Gasteiger partial charge in [0.1, 0.15) is 11.1 Å². The smallest absolute Gasteiger partial charge is 0.293 e. The van der Waals surface area contributed by atoms with Crippen molar-refractivity contribution in [1.82, 2.24) is 35.0 Å². The molecule has 0 bridgehead atoms. The van der Waals surface area contributed by atoms with Gasteiger partial charge in [0.2, 0.25) is 17.8 Å². The summed E-state index contributed by atoms with van der Waals surface area (Å²) in [6.07, 6.45) is 6.99. The van der Waals surface area contributed by atoms with Gasteiger partial charge in [0.25, 0.3) is 23.3 Å². The van der Waals surface area contributed by atoms with Crippen LogP contribution in [0.5, 0.6) is 5.75 Å². The molecule has 1 atom stereocenters. The van der Waals surface area contributed by atoms with Crippen LogP contribution in [-0.4, -0.2) is 119 Å². The molecule has 0 radical (unpaired) electrons. The molecule has 336 valence electrons. The summed E-state index contributed by atoms with van der Waals surface area (Å²) < 4.78 is 7.27. The summed E-state index contributed by atoms with van der Waals surface area (Å²) in [5.41, 5.74) is 2.70. The summed E-state index contributed by atoms with van der Waals surface area (Å²) in [6, 6.07) is 11.5. The number of likely N-dealkylation sites (tertiary alicyclic amines) is 1. The van der Waals surface area contributed by atoms with Crippen molar-refractivity contribution in [3.63, 3.8) is 0 Å². The van der Waals surface area contributed by atoms with Gasteiger partial charge in [-0.1, -0.05) is 17.7 Å². The number of amides is 5. The first kappa shape index (κ1) is 43.2. The van der Waals surface area contributed by atoms with E-state index < -0.39 is 29.7 Å². The van der Waals surface area contributed by atoms with E-state index >= 15 is 0 Å². The number of fused-ring (bicyclic) bond motifs is 2. The van der Waals surface area contributed by atoms with Crippen molar-refractivity contribution in [1.29, 1.82) is 0 Å². The second-order valence-corrected chi connectivity index (χ2v) is 18.5. The second-order valence-electron chi connectivity index (χ2n) is 18.1. The molecule has 4 fully saturated rings. The minimum Gasteiger partial charge on any atom is -0.478 e. The Labute approximate surface area is 375 Å². The molecule has 4 aromatic rings. The zero-order valence-electron chi connectivity index (χ0n) is 36.3. The number of halogens is 1. The molecule has 7 heterocycles. The quantitative estimate of drug-likeness (QED) is 0.179. The molecule has 5 aliphatic heterocycles. The fourth-order valence-corrected chi connectivity index (χ4v) is 10.3. The van der Waals surface area contributed by atoms with Gasteiger partial charge >= 0.3 is 0 Å². The first-order chi connectivity index (χ1) is 30.8. The fourth-order valence-electron chi connectivity index (χ4n) is 10.2. The molecule has 1 unspecified atom stereocenters. The average molecular weight is 893 g/mol. The highest BCUT2D eigenvalue weighted by molar-refractivity contribution is 6.33. The summed E-state index contributed by atoms with van der Waals surface area (Å²) in [5.74, 6) is -0.556. The van der Waals surface area contributed by atoms with Gasteiger partial charge in [0.15, 0.2) is 18.2 Å². The number of aromatic nitrogens is 3. The standard InChI is InChI=1S/C46H53ClN10O7/c1-27(2)56-33-8-7-30(21-29(33)22-36(43(56)62)64-25-38(59)48-3)50-40-32(47)23-49-45(52-40)54-16-11-28(12-17-54)24-53-18-13-46(14-19-53)15-20-55(26-46)34-6-4-5-31-39(34)44(63)57(42(31)61)35-9-10-37(58)51-41(35)60/h4-8,21-23,27-28,35H,9-20,24-26H2,1-3H3,(H,48,59)(H,49,50,52)(H,51,58,60). The third-order valence-electron chi connectivity index (χ3n) is 13.7. The topological polar surface area (TPSA) is 191 Å². The SMILES string of the molecule is CNC(=O)COc1cc2cc(Nc3nc(N4CCC(CN5CCC6(CC5)CCN(c5cccc7c5C(=O)N(C5CCC(=O)NC5=O)C7=O)C6)CC4)ncc3Cl)ccc2n(C(C)C)c1=O. The molecule has 3 N–H and O–H groups in total. The minimum atomic E-state index is -0.987. The van der Waals surface area contributed by atoms with E-state index in [4.69, 9.17) is 21.3 Å². The van der Waals surface area contributed by atoms with Gasteiger partial charge in [-0.3, -0.25) is 39.0 Å². The van der Waals surface area contributed by atoms with Crippen molar-refractivity contribution in [2.75, 3.05) is 74.6 Å². The van der Waals surface area contributed by atoms with Crippen LogP contribution in [0, 0.1) is 11.3 Å². The van der Waals surface area contributed by atoms with E-state index in [2.05, 4.69) is 35.6 Å². The van der Waals surface area contributed by atoms with E-state index in [1.807, 2.05) is 44.2 Å². The van der Waals surface area contributed by atoms with Crippen LogP contribution in [0.25, 0.3) is 10.9 Å². The monoisotopic (exact) mass is 892 g/mol. The molecular formula is C46H53ClN10O7. The maximum absolute atomic E-state index is 13.8. The highest BCUT2D eigenvalue weighted by Crippen LogP contribution is 2.44. The molecule has 64 heavy (non-hydrogen) atoms. The normalized spacial score (nSPS) is 20.4. The van der Waals surface area contributed by atoms with E-state index in [1.54, 1.807) is 22.9 Å². The molecule has 17 nitrogen and oxygen atoms in total. The predicted octanol–water partition coefficient (Wildman–Crippen LogP) is 4.50. The summed E-state index contributed by atoms with van der Waals surface area (Å²) in [6.45, 7) is 9.87. The molecule has 2 aromatic carbocycles. The highest BCUT2D eigenvalue weighted by Gasteiger charge is 2.48. The van der Waals surface area contributed by atoms with Crippen LogP contribution in [0.4, 0.5) is 23.1 Å². The van der Waals surface area contributed by atoms with Crippen molar-refractivity contribution in [3.8, 4) is 5.75 Å². The number of nitrogens with one attached hydrogen (secondary N) is 3. The Balaban J connectivity index is 0.788. The highest BCUT2D eigenvalue weighted by atomic mass is 35.5. The molecule has 9 rings (SSSR count). The van der Waals surface area contributed by atoms with Gasteiger partial charge in [-0.2, -0.15) is 4.98 Å². The Hall–Kier alpha value is -6.07. The summed E-state index contributed by atoms with van der Waals surface area (Å²) in [4.78, 5) is 94.3. The average Bonchev–Trinajstić information content (AvgIpc) is 3.81. The third-order valence-corrected chi connectivity index (χ3v) is 14.0. The van der Waals surface area contributed by atoms with Crippen molar-refractivity contribution < 1.29 is 28.7 Å². The Kier molecular flexibility index (Phi) is 11.8.